The van der Waals surface area contributed by atoms with Crippen LogP contribution in [0.2, 0.25) is 0 Å². The largest absolute Gasteiger partial charge is 0.481 e. The second-order valence-electron chi connectivity index (χ2n) is 6.07. The van der Waals surface area contributed by atoms with Crippen molar-refractivity contribution in [3.63, 3.8) is 0 Å². The summed E-state index contributed by atoms with van der Waals surface area (Å²) >= 11 is 0. The molecule has 1 amide bonds. The average molecular weight is 319 g/mol. The standard InChI is InChI=1S/C18H25NO4/c1-13(2)12-14-5-7-15(8-6-14)16(20)9-10-17(21)19-11-3-4-18(22)23/h5-8,13H,3-4,9-12H2,1-2H3,(H,19,21)(H,22,23). The molecule has 2 N–H and O–H groups in total. The Bertz CT molecular complexity index is 534. The Balaban J connectivity index is 2.32. The highest BCUT2D eigenvalue weighted by atomic mass is 16.4. The van der Waals surface area contributed by atoms with Crippen LogP contribution in [0.3, 0.4) is 0 Å². The molecule has 0 aliphatic carbocycles. The number of carboxylic acid groups (broad SMARTS) is 1. The number of hydrogen-bond acceptors (Lipinski definition) is 3. The van der Waals surface area contributed by atoms with Crippen LogP contribution < -0.4 is 5.32 Å². The minimum Gasteiger partial charge on any atom is -0.481 e. The maximum absolute atomic E-state index is 12.0. The Labute approximate surface area is 137 Å². The first kappa shape index (κ1) is 18.9. The number of nitrogens with one attached hydrogen (secondary N) is 1. The number of hydrogen-bond donors (Lipinski definition) is 2. The molecule has 126 valence electrons. The third-order valence-electron chi connectivity index (χ3n) is 3.39. The summed E-state index contributed by atoms with van der Waals surface area (Å²) in [4.78, 5) is 34.0. The van der Waals surface area contributed by atoms with E-state index in [2.05, 4.69) is 19.2 Å². The van der Waals surface area contributed by atoms with Crippen molar-refractivity contribution in [1.29, 1.82) is 0 Å². The fourth-order valence-electron chi connectivity index (χ4n) is 2.23. The minimum absolute atomic E-state index is 0.0297. The Morgan fingerprint density at radius 1 is 1.04 bits per heavy atom. The lowest BCUT2D eigenvalue weighted by Gasteiger charge is -2.07. The average Bonchev–Trinajstić information content (AvgIpc) is 2.49. The zero-order valence-electron chi connectivity index (χ0n) is 13.8. The molecule has 0 bridgehead atoms. The number of benzene rings is 1. The van der Waals surface area contributed by atoms with Gasteiger partial charge in [-0.3, -0.25) is 14.4 Å². The first-order valence-electron chi connectivity index (χ1n) is 7.99. The molecule has 0 aliphatic heterocycles. The van der Waals surface area contributed by atoms with Gasteiger partial charge in [0.15, 0.2) is 5.78 Å². The topological polar surface area (TPSA) is 83.5 Å². The van der Waals surface area contributed by atoms with E-state index in [9.17, 15) is 14.4 Å². The molecule has 0 aliphatic rings. The Morgan fingerprint density at radius 3 is 2.26 bits per heavy atom. The molecular weight excluding hydrogens is 294 g/mol. The molecule has 0 saturated carbocycles. The molecule has 1 aromatic carbocycles. The van der Waals surface area contributed by atoms with Crippen LogP contribution in [0.5, 0.6) is 0 Å². The highest BCUT2D eigenvalue weighted by Gasteiger charge is 2.09. The van der Waals surface area contributed by atoms with Crippen molar-refractivity contribution in [2.45, 2.75) is 46.0 Å². The van der Waals surface area contributed by atoms with Gasteiger partial charge in [0.05, 0.1) is 0 Å². The minimum atomic E-state index is -0.879. The summed E-state index contributed by atoms with van der Waals surface area (Å²) in [6.45, 7) is 4.62. The van der Waals surface area contributed by atoms with Gasteiger partial charge in [-0.1, -0.05) is 38.1 Å². The molecular formula is C18H25NO4. The Kier molecular flexibility index (Phi) is 8.02. The monoisotopic (exact) mass is 319 g/mol. The van der Waals surface area contributed by atoms with E-state index in [1.165, 1.54) is 5.56 Å². The second kappa shape index (κ2) is 9.77. The smallest absolute Gasteiger partial charge is 0.303 e. The Hall–Kier alpha value is -2.17. The van der Waals surface area contributed by atoms with Crippen LogP contribution in [0.1, 0.15) is 55.5 Å². The van der Waals surface area contributed by atoms with Crippen LogP contribution in [0.15, 0.2) is 24.3 Å². The van der Waals surface area contributed by atoms with Gasteiger partial charge in [-0.15, -0.1) is 0 Å². The first-order chi connectivity index (χ1) is 10.9. The van der Waals surface area contributed by atoms with Gasteiger partial charge in [0.2, 0.25) is 5.91 Å². The fraction of sp³-hybridized carbons (Fsp3) is 0.500. The molecule has 0 heterocycles. The molecule has 0 fully saturated rings. The third kappa shape index (κ3) is 8.14. The van der Waals surface area contributed by atoms with Crippen molar-refractivity contribution in [3.8, 4) is 0 Å². The number of carbonyl (C=O) groups excluding carboxylic acids is 2. The lowest BCUT2D eigenvalue weighted by Crippen LogP contribution is -2.25. The molecule has 1 rings (SSSR count). The third-order valence-corrected chi connectivity index (χ3v) is 3.39. The molecule has 0 aromatic heterocycles. The number of aliphatic carboxylic acids is 1. The van der Waals surface area contributed by atoms with Crippen molar-refractivity contribution in [3.05, 3.63) is 35.4 Å². The van der Waals surface area contributed by atoms with Crippen LogP contribution in [-0.2, 0) is 16.0 Å². The van der Waals surface area contributed by atoms with Crippen molar-refractivity contribution in [2.75, 3.05) is 6.54 Å². The number of carbonyl (C=O) groups is 3. The van der Waals surface area contributed by atoms with Crippen molar-refractivity contribution >= 4 is 17.7 Å². The molecule has 0 atom stereocenters. The summed E-state index contributed by atoms with van der Waals surface area (Å²) in [5.74, 6) is -0.585. The van der Waals surface area contributed by atoms with E-state index < -0.39 is 5.97 Å². The predicted molar refractivity (Wildman–Crippen MR) is 88.4 cm³/mol. The molecule has 23 heavy (non-hydrogen) atoms. The summed E-state index contributed by atoms with van der Waals surface area (Å²) in [5.41, 5.74) is 1.82. The fourth-order valence-corrected chi connectivity index (χ4v) is 2.23. The summed E-state index contributed by atoms with van der Waals surface area (Å²) in [7, 11) is 0. The van der Waals surface area contributed by atoms with Crippen LogP contribution in [0.4, 0.5) is 0 Å². The molecule has 0 spiro atoms. The predicted octanol–water partition coefficient (Wildman–Crippen LogP) is 2.83. The second-order valence-corrected chi connectivity index (χ2v) is 6.07. The van der Waals surface area contributed by atoms with Gasteiger partial charge in [-0.05, 0) is 24.3 Å². The SMILES string of the molecule is CC(C)Cc1ccc(C(=O)CCC(=O)NCCCC(=O)O)cc1. The van der Waals surface area contributed by atoms with Crippen LogP contribution in [0.25, 0.3) is 0 Å². The number of rotatable bonds is 10. The highest BCUT2D eigenvalue weighted by Crippen LogP contribution is 2.12. The van der Waals surface area contributed by atoms with Crippen molar-refractivity contribution in [2.24, 2.45) is 5.92 Å². The zero-order valence-corrected chi connectivity index (χ0v) is 13.8. The van der Waals surface area contributed by atoms with Crippen LogP contribution in [-0.4, -0.2) is 29.3 Å². The molecule has 0 radical (unpaired) electrons. The summed E-state index contributed by atoms with van der Waals surface area (Å²) in [5, 5.41) is 11.1. The van der Waals surface area contributed by atoms with Gasteiger partial charge >= 0.3 is 5.97 Å². The quantitative estimate of drug-likeness (QED) is 0.513. The molecule has 1 aromatic rings. The van der Waals surface area contributed by atoms with Crippen LogP contribution >= 0.6 is 0 Å². The molecule has 0 saturated heterocycles. The lowest BCUT2D eigenvalue weighted by atomic mass is 9.99. The number of amides is 1. The van der Waals surface area contributed by atoms with E-state index in [0.29, 0.717) is 24.4 Å². The van der Waals surface area contributed by atoms with Crippen molar-refractivity contribution < 1.29 is 19.5 Å². The van der Waals surface area contributed by atoms with E-state index in [-0.39, 0.29) is 31.0 Å². The summed E-state index contributed by atoms with van der Waals surface area (Å²) in [6.07, 6.45) is 1.69. The van der Waals surface area contributed by atoms with Gasteiger partial charge in [-0.25, -0.2) is 0 Å². The summed E-state index contributed by atoms with van der Waals surface area (Å²) < 4.78 is 0. The Morgan fingerprint density at radius 2 is 1.70 bits per heavy atom. The van der Waals surface area contributed by atoms with E-state index in [1.807, 2.05) is 24.3 Å². The van der Waals surface area contributed by atoms with Gasteiger partial charge < -0.3 is 10.4 Å². The van der Waals surface area contributed by atoms with Gasteiger partial charge in [0, 0.05) is 31.4 Å². The van der Waals surface area contributed by atoms with E-state index in [1.54, 1.807) is 0 Å². The van der Waals surface area contributed by atoms with Gasteiger partial charge in [-0.2, -0.15) is 0 Å². The zero-order chi connectivity index (χ0) is 17.2. The number of Topliss-reactive ketones (excluding diaryl/α,β-unsaturated/α-hetero) is 1. The highest BCUT2D eigenvalue weighted by molar-refractivity contribution is 5.97. The lowest BCUT2D eigenvalue weighted by molar-refractivity contribution is -0.137. The van der Waals surface area contributed by atoms with E-state index in [4.69, 9.17) is 5.11 Å². The number of carboxylic acids is 1. The van der Waals surface area contributed by atoms with E-state index in [0.717, 1.165) is 6.42 Å². The van der Waals surface area contributed by atoms with E-state index >= 15 is 0 Å². The maximum atomic E-state index is 12.0. The van der Waals surface area contributed by atoms with Crippen molar-refractivity contribution in [1.82, 2.24) is 5.32 Å². The molecule has 5 heteroatoms. The molecule has 5 nitrogen and oxygen atoms in total. The first-order valence-corrected chi connectivity index (χ1v) is 7.99. The summed E-state index contributed by atoms with van der Waals surface area (Å²) in [6, 6.07) is 7.54. The van der Waals surface area contributed by atoms with Gasteiger partial charge in [0.25, 0.3) is 0 Å². The normalized spacial score (nSPS) is 10.6. The number of ketones is 1. The molecule has 0 unspecified atom stereocenters. The van der Waals surface area contributed by atoms with Crippen LogP contribution in [0, 0.1) is 5.92 Å². The maximum Gasteiger partial charge on any atom is 0.303 e. The van der Waals surface area contributed by atoms with Gasteiger partial charge in [0.1, 0.15) is 0 Å².